The molecule has 1 saturated heterocycles. The molecule has 0 bridgehead atoms. The molecule has 1 amide bonds. The Balaban J connectivity index is 1.35. The van der Waals surface area contributed by atoms with Crippen LogP contribution >= 0.6 is 11.8 Å². The summed E-state index contributed by atoms with van der Waals surface area (Å²) >= 11 is 1.12. The van der Waals surface area contributed by atoms with Gasteiger partial charge in [-0.25, -0.2) is 13.4 Å². The Kier molecular flexibility index (Phi) is 5.74. The molecule has 0 spiro atoms. The molecule has 1 aliphatic rings. The number of hydrogen-bond acceptors (Lipinski definition) is 10. The molecule has 14 heteroatoms. The molecule has 4 heterocycles. The van der Waals surface area contributed by atoms with Crippen LogP contribution in [-0.2, 0) is 19.6 Å². The molecule has 3 aromatic heterocycles. The van der Waals surface area contributed by atoms with E-state index in [1.165, 1.54) is 4.31 Å². The number of fused-ring (bicyclic) bond motifs is 3. The van der Waals surface area contributed by atoms with Crippen LogP contribution in [0.15, 0.2) is 38.8 Å². The molecule has 1 aromatic carbocycles. The van der Waals surface area contributed by atoms with Gasteiger partial charge in [0.05, 0.1) is 23.9 Å². The molecule has 0 unspecified atom stereocenters. The predicted molar refractivity (Wildman–Crippen MR) is 119 cm³/mol. The second-order valence-corrected chi connectivity index (χ2v) is 10.2. The highest BCUT2D eigenvalue weighted by Gasteiger charge is 2.27. The fourth-order valence-electron chi connectivity index (χ4n) is 3.43. The summed E-state index contributed by atoms with van der Waals surface area (Å²) in [5.41, 5.74) is 1.60. The first kappa shape index (κ1) is 21.8. The Morgan fingerprint density at radius 1 is 1.24 bits per heavy atom. The number of aromatic nitrogens is 5. The number of ether oxygens (including phenoxy) is 1. The third-order valence-corrected chi connectivity index (χ3v) is 7.73. The lowest BCUT2D eigenvalue weighted by Crippen LogP contribution is -2.40. The summed E-state index contributed by atoms with van der Waals surface area (Å²) in [4.78, 5) is 19.8. The van der Waals surface area contributed by atoms with Gasteiger partial charge in [-0.2, -0.15) is 4.31 Å². The largest absolute Gasteiger partial charge is 0.379 e. The van der Waals surface area contributed by atoms with Gasteiger partial charge in [0.2, 0.25) is 21.1 Å². The minimum atomic E-state index is -3.64. The molecule has 0 radical (unpaired) electrons. The summed E-state index contributed by atoms with van der Waals surface area (Å²) in [6, 6.07) is 6.44. The number of thioether (sulfide) groups is 1. The minimum absolute atomic E-state index is 0.0568. The first-order valence-electron chi connectivity index (χ1n) is 10.0. The zero-order chi connectivity index (χ0) is 23.0. The molecule has 2 N–H and O–H groups in total. The molecule has 1 fully saturated rings. The number of nitrogens with one attached hydrogen (secondary N) is 2. The number of amides is 1. The summed E-state index contributed by atoms with van der Waals surface area (Å²) in [5.74, 6) is 0.703. The normalized spacial score (nSPS) is 15.3. The SMILES string of the molecule is Cc1cc(NC(=O)CSc2nnc3c(n2)[nH]c2ccc(S(=O)(=O)N4CCOCC4)cc23)no1. The van der Waals surface area contributed by atoms with Crippen molar-refractivity contribution in [2.45, 2.75) is 17.0 Å². The summed E-state index contributed by atoms with van der Waals surface area (Å²) in [6.07, 6.45) is 0. The Morgan fingerprint density at radius 3 is 2.82 bits per heavy atom. The second kappa shape index (κ2) is 8.70. The smallest absolute Gasteiger partial charge is 0.243 e. The van der Waals surface area contributed by atoms with E-state index in [1.807, 2.05) is 0 Å². The van der Waals surface area contributed by atoms with E-state index in [2.05, 4.69) is 30.6 Å². The lowest BCUT2D eigenvalue weighted by Gasteiger charge is -2.26. The maximum absolute atomic E-state index is 13.0. The van der Waals surface area contributed by atoms with E-state index in [0.29, 0.717) is 65.1 Å². The van der Waals surface area contributed by atoms with Crippen LogP contribution in [-0.4, -0.2) is 76.0 Å². The molecule has 33 heavy (non-hydrogen) atoms. The van der Waals surface area contributed by atoms with Gasteiger partial charge in [0.15, 0.2) is 11.5 Å². The van der Waals surface area contributed by atoms with Crippen molar-refractivity contribution in [3.05, 3.63) is 30.0 Å². The van der Waals surface area contributed by atoms with E-state index >= 15 is 0 Å². The third kappa shape index (κ3) is 4.42. The van der Waals surface area contributed by atoms with E-state index in [0.717, 1.165) is 11.8 Å². The summed E-state index contributed by atoms with van der Waals surface area (Å²) in [7, 11) is -3.64. The van der Waals surface area contributed by atoms with Crippen molar-refractivity contribution in [1.29, 1.82) is 0 Å². The first-order chi connectivity index (χ1) is 15.9. The van der Waals surface area contributed by atoms with Gasteiger partial charge in [-0.3, -0.25) is 4.79 Å². The molecular weight excluding hydrogens is 470 g/mol. The zero-order valence-corrected chi connectivity index (χ0v) is 19.1. The number of aryl methyl sites for hydroxylation is 1. The quantitative estimate of drug-likeness (QED) is 0.381. The number of rotatable bonds is 6. The first-order valence-corrected chi connectivity index (χ1v) is 12.4. The summed E-state index contributed by atoms with van der Waals surface area (Å²) < 4.78 is 37.5. The highest BCUT2D eigenvalue weighted by atomic mass is 32.2. The average Bonchev–Trinajstić information content (AvgIpc) is 3.40. The number of carbonyl (C=O) groups excluding carboxylic acids is 1. The van der Waals surface area contributed by atoms with Crippen LogP contribution in [0.25, 0.3) is 22.1 Å². The molecule has 0 aliphatic carbocycles. The van der Waals surface area contributed by atoms with Crippen molar-refractivity contribution >= 4 is 55.6 Å². The van der Waals surface area contributed by atoms with Crippen LogP contribution in [0.3, 0.4) is 0 Å². The van der Waals surface area contributed by atoms with E-state index in [9.17, 15) is 13.2 Å². The monoisotopic (exact) mass is 489 g/mol. The molecule has 1 aliphatic heterocycles. The number of sulfonamides is 1. The van der Waals surface area contributed by atoms with Crippen LogP contribution in [0, 0.1) is 6.92 Å². The molecule has 0 saturated carbocycles. The number of benzene rings is 1. The second-order valence-electron chi connectivity index (χ2n) is 7.30. The van der Waals surface area contributed by atoms with Gasteiger partial charge < -0.3 is 19.6 Å². The van der Waals surface area contributed by atoms with Crippen molar-refractivity contribution in [1.82, 2.24) is 29.6 Å². The number of morpholine rings is 1. The molecule has 4 aromatic rings. The van der Waals surface area contributed by atoms with E-state index in [4.69, 9.17) is 9.26 Å². The van der Waals surface area contributed by atoms with E-state index in [-0.39, 0.29) is 16.6 Å². The number of H-pyrrole nitrogens is 1. The fourth-order valence-corrected chi connectivity index (χ4v) is 5.45. The molecule has 172 valence electrons. The maximum Gasteiger partial charge on any atom is 0.243 e. The molecule has 0 atom stereocenters. The number of carbonyl (C=O) groups is 1. The number of hydrogen-bond donors (Lipinski definition) is 2. The minimum Gasteiger partial charge on any atom is -0.379 e. The van der Waals surface area contributed by atoms with Gasteiger partial charge >= 0.3 is 0 Å². The van der Waals surface area contributed by atoms with Gasteiger partial charge in [-0.15, -0.1) is 10.2 Å². The van der Waals surface area contributed by atoms with Crippen molar-refractivity contribution in [2.75, 3.05) is 37.4 Å². The van der Waals surface area contributed by atoms with Crippen molar-refractivity contribution in [2.24, 2.45) is 0 Å². The van der Waals surface area contributed by atoms with E-state index < -0.39 is 10.0 Å². The third-order valence-electron chi connectivity index (χ3n) is 5.00. The Hall–Kier alpha value is -3.07. The number of aromatic amines is 1. The number of anilines is 1. The molecule has 12 nitrogen and oxygen atoms in total. The lowest BCUT2D eigenvalue weighted by molar-refractivity contribution is -0.113. The Labute approximate surface area is 192 Å². The molecule has 5 rings (SSSR count). The van der Waals surface area contributed by atoms with Crippen molar-refractivity contribution in [3.8, 4) is 0 Å². The van der Waals surface area contributed by atoms with Crippen molar-refractivity contribution < 1.29 is 22.5 Å². The van der Waals surface area contributed by atoms with Gasteiger partial charge in [0.1, 0.15) is 11.3 Å². The average molecular weight is 490 g/mol. The van der Waals surface area contributed by atoms with Crippen molar-refractivity contribution in [3.63, 3.8) is 0 Å². The van der Waals surface area contributed by atoms with Crippen LogP contribution in [0.5, 0.6) is 0 Å². The fraction of sp³-hybridized carbons (Fsp3) is 0.316. The van der Waals surface area contributed by atoms with Crippen LogP contribution in [0.4, 0.5) is 5.82 Å². The molecular formula is C19H19N7O5S2. The van der Waals surface area contributed by atoms with Gasteiger partial charge in [-0.05, 0) is 25.1 Å². The predicted octanol–water partition coefficient (Wildman–Crippen LogP) is 1.55. The topological polar surface area (TPSA) is 156 Å². The Morgan fingerprint density at radius 2 is 2.06 bits per heavy atom. The summed E-state index contributed by atoms with van der Waals surface area (Å²) in [5, 5.41) is 15.6. The lowest BCUT2D eigenvalue weighted by atomic mass is 10.2. The Bertz CT molecular complexity index is 1440. The highest BCUT2D eigenvalue weighted by Crippen LogP contribution is 2.27. The zero-order valence-electron chi connectivity index (χ0n) is 17.4. The van der Waals surface area contributed by atoms with Gasteiger partial charge in [0, 0.05) is 30.1 Å². The van der Waals surface area contributed by atoms with Crippen LogP contribution < -0.4 is 5.32 Å². The van der Waals surface area contributed by atoms with E-state index in [1.54, 1.807) is 31.2 Å². The van der Waals surface area contributed by atoms with Gasteiger partial charge in [-0.1, -0.05) is 16.9 Å². The summed E-state index contributed by atoms with van der Waals surface area (Å²) in [6.45, 7) is 3.12. The van der Waals surface area contributed by atoms with Crippen LogP contribution in [0.1, 0.15) is 5.76 Å². The van der Waals surface area contributed by atoms with Crippen LogP contribution in [0.2, 0.25) is 0 Å². The van der Waals surface area contributed by atoms with Gasteiger partial charge in [0.25, 0.3) is 0 Å². The number of nitrogens with zero attached hydrogens (tertiary/aromatic N) is 5. The standard InChI is InChI=1S/C19H19N7O5S2/c1-11-8-15(25-31-11)21-16(27)10-32-19-22-18-17(23-24-19)13-9-12(2-3-14(13)20-18)33(28,29)26-4-6-30-7-5-26/h2-3,8-9H,4-7,10H2,1H3,(H,20,22,24)(H,21,25,27). The maximum atomic E-state index is 13.0. The highest BCUT2D eigenvalue weighted by molar-refractivity contribution is 7.99.